The number of methoxy groups -OCH3 is 1. The summed E-state index contributed by atoms with van der Waals surface area (Å²) < 4.78 is 76.9. The van der Waals surface area contributed by atoms with E-state index in [2.05, 4.69) is 4.74 Å². The Hall–Kier alpha value is -1.98. The van der Waals surface area contributed by atoms with Gasteiger partial charge in [-0.05, 0) is 30.4 Å². The van der Waals surface area contributed by atoms with Crippen molar-refractivity contribution in [3.8, 4) is 5.75 Å². The number of alkyl halides is 3. The van der Waals surface area contributed by atoms with E-state index in [1.165, 1.54) is 12.1 Å². The highest BCUT2D eigenvalue weighted by Crippen LogP contribution is 2.65. The van der Waals surface area contributed by atoms with Crippen LogP contribution in [0.4, 0.5) is 18.0 Å². The van der Waals surface area contributed by atoms with Crippen LogP contribution in [-0.4, -0.2) is 38.7 Å². The lowest BCUT2D eigenvalue weighted by atomic mass is 10.1. The molecule has 0 atom stereocenters. The molecule has 2 aromatic rings. The fourth-order valence-corrected chi connectivity index (χ4v) is 8.49. The van der Waals surface area contributed by atoms with Crippen LogP contribution in [0.1, 0.15) is 12.8 Å². The minimum absolute atomic E-state index is 0.150. The first-order valence-electron chi connectivity index (χ1n) is 8.18. The first-order valence-corrected chi connectivity index (χ1v) is 11.5. The highest BCUT2D eigenvalue weighted by atomic mass is 32.3. The SMILES string of the molecule is COC(=O)Oc1ccc(S2(OS(=O)(=O)C(F)(F)F)CCCC2)c2ccccc12. The monoisotopic (exact) mass is 438 g/mol. The van der Waals surface area contributed by atoms with E-state index >= 15 is 0 Å². The third kappa shape index (κ3) is 3.78. The average molecular weight is 438 g/mol. The number of ether oxygens (including phenoxy) is 2. The molecule has 2 aromatic carbocycles. The number of fused-ring (bicyclic) bond motifs is 1. The summed E-state index contributed by atoms with van der Waals surface area (Å²) in [5, 5.41) is 0.912. The third-order valence-electron chi connectivity index (χ3n) is 4.31. The van der Waals surface area contributed by atoms with E-state index in [9.17, 15) is 26.4 Å². The van der Waals surface area contributed by atoms with Gasteiger partial charge in [-0.2, -0.15) is 21.6 Å². The van der Waals surface area contributed by atoms with E-state index in [0.717, 1.165) is 7.11 Å². The summed E-state index contributed by atoms with van der Waals surface area (Å²) in [5.74, 6) is 0.546. The first kappa shape index (κ1) is 20.7. The van der Waals surface area contributed by atoms with Gasteiger partial charge in [0, 0.05) is 21.8 Å². The topological polar surface area (TPSA) is 78.9 Å². The first-order chi connectivity index (χ1) is 13.1. The van der Waals surface area contributed by atoms with Gasteiger partial charge in [0.2, 0.25) is 0 Å². The molecule has 1 saturated heterocycles. The summed E-state index contributed by atoms with van der Waals surface area (Å²) >= 11 is 0. The van der Waals surface area contributed by atoms with Gasteiger partial charge in [-0.1, -0.05) is 34.6 Å². The average Bonchev–Trinajstić information content (AvgIpc) is 3.09. The summed E-state index contributed by atoms with van der Waals surface area (Å²) in [5.41, 5.74) is -5.50. The van der Waals surface area contributed by atoms with Gasteiger partial charge in [-0.15, -0.1) is 0 Å². The predicted molar refractivity (Wildman–Crippen MR) is 97.9 cm³/mol. The van der Waals surface area contributed by atoms with E-state index < -0.39 is 32.1 Å². The maximum absolute atomic E-state index is 13.0. The fraction of sp³-hybridized carbons (Fsp3) is 0.353. The van der Waals surface area contributed by atoms with Crippen molar-refractivity contribution < 1.29 is 39.5 Å². The zero-order chi connectivity index (χ0) is 20.6. The molecule has 1 heterocycles. The molecule has 0 radical (unpaired) electrons. The minimum Gasteiger partial charge on any atom is -0.437 e. The van der Waals surface area contributed by atoms with Crippen LogP contribution in [0.3, 0.4) is 0 Å². The number of hydrogen-bond donors (Lipinski definition) is 0. The van der Waals surface area contributed by atoms with E-state index in [1.54, 1.807) is 24.3 Å². The molecule has 0 unspecified atom stereocenters. The highest BCUT2D eigenvalue weighted by molar-refractivity contribution is 8.33. The predicted octanol–water partition coefficient (Wildman–Crippen LogP) is 4.72. The Bertz CT molecular complexity index is 998. The van der Waals surface area contributed by atoms with Crippen LogP contribution in [0.2, 0.25) is 0 Å². The van der Waals surface area contributed by atoms with Crippen molar-refractivity contribution in [3.05, 3.63) is 36.4 Å². The maximum atomic E-state index is 13.0. The number of rotatable bonds is 4. The van der Waals surface area contributed by atoms with Crippen LogP contribution in [-0.2, 0) is 18.5 Å². The zero-order valence-corrected chi connectivity index (χ0v) is 16.3. The van der Waals surface area contributed by atoms with Gasteiger partial charge in [-0.3, -0.25) is 0 Å². The molecule has 0 aromatic heterocycles. The third-order valence-corrected chi connectivity index (χ3v) is 9.69. The summed E-state index contributed by atoms with van der Waals surface area (Å²) in [4.78, 5) is 11.8. The van der Waals surface area contributed by atoms with Crippen molar-refractivity contribution in [2.24, 2.45) is 0 Å². The van der Waals surface area contributed by atoms with Crippen molar-refractivity contribution in [1.82, 2.24) is 0 Å². The summed E-state index contributed by atoms with van der Waals surface area (Å²) in [6.07, 6.45) is 0.159. The van der Waals surface area contributed by atoms with Crippen molar-refractivity contribution in [2.45, 2.75) is 23.2 Å². The zero-order valence-electron chi connectivity index (χ0n) is 14.7. The van der Waals surface area contributed by atoms with Gasteiger partial charge in [0.1, 0.15) is 5.75 Å². The lowest BCUT2D eigenvalue weighted by Gasteiger charge is -2.35. The van der Waals surface area contributed by atoms with E-state index in [-0.39, 0.29) is 17.3 Å². The molecule has 6 nitrogen and oxygen atoms in total. The van der Waals surface area contributed by atoms with Crippen molar-refractivity contribution >= 4 is 37.4 Å². The summed E-state index contributed by atoms with van der Waals surface area (Å²) in [6, 6.07) is 9.45. The minimum atomic E-state index is -5.76. The van der Waals surface area contributed by atoms with Crippen LogP contribution >= 0.6 is 10.3 Å². The number of carbonyl (C=O) groups is 1. The quantitative estimate of drug-likeness (QED) is 0.390. The highest BCUT2D eigenvalue weighted by Gasteiger charge is 2.52. The lowest BCUT2D eigenvalue weighted by Crippen LogP contribution is -2.27. The Kier molecular flexibility index (Phi) is 5.52. The molecule has 11 heteroatoms. The number of carbonyl (C=O) groups excluding carboxylic acids is 1. The van der Waals surface area contributed by atoms with Gasteiger partial charge < -0.3 is 9.47 Å². The molecule has 1 aliphatic rings. The maximum Gasteiger partial charge on any atom is 0.523 e. The number of hydrogen-bond acceptors (Lipinski definition) is 6. The number of benzene rings is 2. The Morgan fingerprint density at radius 3 is 2.21 bits per heavy atom. The second-order valence-corrected chi connectivity index (χ2v) is 10.9. The Labute approximate surface area is 161 Å². The fourth-order valence-electron chi connectivity index (χ4n) is 3.10. The van der Waals surface area contributed by atoms with Crippen LogP contribution in [0.5, 0.6) is 5.75 Å². The van der Waals surface area contributed by atoms with Crippen LogP contribution in [0.25, 0.3) is 10.8 Å². The second kappa shape index (κ2) is 7.45. The molecular formula is C17H17F3O6S2. The molecule has 0 spiro atoms. The Morgan fingerprint density at radius 2 is 1.64 bits per heavy atom. The Balaban J connectivity index is 2.15. The molecule has 3 rings (SSSR count). The Morgan fingerprint density at radius 1 is 1.04 bits per heavy atom. The van der Waals surface area contributed by atoms with Gasteiger partial charge in [0.05, 0.1) is 7.11 Å². The normalized spacial score (nSPS) is 18.0. The second-order valence-electron chi connectivity index (χ2n) is 6.06. The molecule has 0 bridgehead atoms. The summed E-state index contributed by atoms with van der Waals surface area (Å²) in [7, 11) is -7.35. The van der Waals surface area contributed by atoms with Crippen molar-refractivity contribution in [1.29, 1.82) is 0 Å². The molecule has 1 fully saturated rings. The van der Waals surface area contributed by atoms with Gasteiger partial charge in [-0.25, -0.2) is 8.42 Å². The van der Waals surface area contributed by atoms with Crippen LogP contribution < -0.4 is 4.74 Å². The van der Waals surface area contributed by atoms with Crippen molar-refractivity contribution in [2.75, 3.05) is 18.6 Å². The number of halogens is 3. The molecule has 1 aliphatic heterocycles. The molecule has 0 amide bonds. The molecular weight excluding hydrogens is 421 g/mol. The smallest absolute Gasteiger partial charge is 0.437 e. The molecule has 154 valence electrons. The van der Waals surface area contributed by atoms with E-state index in [4.69, 9.17) is 8.37 Å². The summed E-state index contributed by atoms with van der Waals surface area (Å²) in [6.45, 7) is 0. The van der Waals surface area contributed by atoms with Gasteiger partial charge in [0.25, 0.3) is 0 Å². The largest absolute Gasteiger partial charge is 0.523 e. The van der Waals surface area contributed by atoms with E-state index in [1.807, 2.05) is 0 Å². The van der Waals surface area contributed by atoms with E-state index in [0.29, 0.717) is 28.5 Å². The molecule has 0 N–H and O–H groups in total. The van der Waals surface area contributed by atoms with Crippen LogP contribution in [0.15, 0.2) is 41.3 Å². The lowest BCUT2D eigenvalue weighted by molar-refractivity contribution is -0.0496. The molecule has 0 saturated carbocycles. The standard InChI is InChI=1S/C17H17F3O6S2/c1-24-16(21)25-14-8-9-15(13-7-3-2-6-12(13)14)27(10-4-5-11-27)26-28(22,23)17(18,19)20/h2-3,6-9H,4-5,10-11H2,1H3. The van der Waals surface area contributed by atoms with Gasteiger partial charge >= 0.3 is 21.8 Å². The van der Waals surface area contributed by atoms with Crippen LogP contribution in [0, 0.1) is 0 Å². The van der Waals surface area contributed by atoms with Crippen molar-refractivity contribution in [3.63, 3.8) is 0 Å². The molecule has 0 aliphatic carbocycles. The van der Waals surface area contributed by atoms with Gasteiger partial charge in [0.15, 0.2) is 0 Å². The molecule has 28 heavy (non-hydrogen) atoms.